The average molecular weight is 485 g/mol. The Morgan fingerprint density at radius 1 is 0.464 bits per heavy atom. The Labute approximate surface area is 170 Å². The number of hydrogen-bond acceptors (Lipinski definition) is 12. The van der Waals surface area contributed by atoms with Crippen LogP contribution < -0.4 is 5.73 Å². The molecule has 0 saturated heterocycles. The summed E-state index contributed by atoms with van der Waals surface area (Å²) in [5.41, 5.74) is 3.87. The second kappa shape index (κ2) is 12.9. The zero-order valence-electron chi connectivity index (χ0n) is 18.0. The van der Waals surface area contributed by atoms with Gasteiger partial charge in [-0.1, -0.05) is 0 Å². The molecule has 0 aliphatic heterocycles. The van der Waals surface area contributed by atoms with Gasteiger partial charge in [-0.25, -0.2) is 0 Å². The quantitative estimate of drug-likeness (QED) is 0.236. The van der Waals surface area contributed by atoms with E-state index in [1.54, 1.807) is 0 Å². The fourth-order valence-electron chi connectivity index (χ4n) is 2.13. The van der Waals surface area contributed by atoms with Crippen LogP contribution in [0.25, 0.3) is 0 Å². The molecule has 0 fully saturated rings. The minimum absolute atomic E-state index is 0.174. The van der Waals surface area contributed by atoms with E-state index in [1.165, 1.54) is 64.0 Å². The van der Waals surface area contributed by atoms with Gasteiger partial charge in [0.25, 0.3) is 0 Å². The molecule has 0 amide bonds. The van der Waals surface area contributed by atoms with E-state index in [4.69, 9.17) is 52.2 Å². The van der Waals surface area contributed by atoms with Crippen molar-refractivity contribution in [2.45, 2.75) is 6.04 Å². The van der Waals surface area contributed by atoms with Crippen LogP contribution in [0.5, 0.6) is 0 Å². The fraction of sp³-hybridized carbons (Fsp3) is 1.00. The molecule has 0 aromatic rings. The van der Waals surface area contributed by atoms with Crippen molar-refractivity contribution in [3.63, 3.8) is 0 Å². The third-order valence-corrected chi connectivity index (χ3v) is 15.8. The minimum atomic E-state index is -3.89. The third-order valence-electron chi connectivity index (χ3n) is 3.57. The minimum Gasteiger partial charge on any atom is -0.358 e. The summed E-state index contributed by atoms with van der Waals surface area (Å²) < 4.78 is 66.9. The Bertz CT molecular complexity index is 345. The lowest BCUT2D eigenvalue weighted by molar-refractivity contribution is -0.363. The lowest BCUT2D eigenvalue weighted by Gasteiger charge is -2.40. The highest BCUT2D eigenvalue weighted by molar-refractivity contribution is 6.82. The van der Waals surface area contributed by atoms with Crippen LogP contribution in [-0.2, 0) is 52.2 Å². The molecule has 0 spiro atoms. The number of rotatable bonds is 17. The van der Waals surface area contributed by atoms with E-state index in [9.17, 15) is 0 Å². The number of hydrogen-bond donors (Lipinski definition) is 1. The summed E-state index contributed by atoms with van der Waals surface area (Å²) in [6, 6.07) is 0.174. The molecule has 0 aromatic heterocycles. The standard InChI is InChI=1S/C11H33NO12Si4/c1-13-26(14-2,15-3)22-25(11-10-12,23-27(16-4,17-5)18-6)24-28(19-7,20-8)21-9/h10-12H2,1-9H3/p+1. The van der Waals surface area contributed by atoms with Crippen LogP contribution in [0.2, 0.25) is 6.04 Å². The predicted octanol–water partition coefficient (Wildman–Crippen LogP) is -1.66. The molecule has 170 valence electrons. The van der Waals surface area contributed by atoms with Gasteiger partial charge < -0.3 is 57.9 Å². The molecule has 0 bridgehead atoms. The van der Waals surface area contributed by atoms with E-state index < -0.39 is 35.9 Å². The molecular formula is C11H34NO12Si4+. The highest BCUT2D eigenvalue weighted by atomic mass is 28.5. The Balaban J connectivity index is 6.39. The lowest BCUT2D eigenvalue weighted by Crippen LogP contribution is -2.71. The first kappa shape index (κ1) is 28.3. The maximum atomic E-state index is 6.15. The Morgan fingerprint density at radius 3 is 0.821 bits per heavy atom. The van der Waals surface area contributed by atoms with Crippen molar-refractivity contribution in [1.82, 2.24) is 0 Å². The van der Waals surface area contributed by atoms with E-state index in [0.717, 1.165) is 0 Å². The maximum absolute atomic E-state index is 6.15. The number of quaternary nitrogens is 1. The second-order valence-corrected chi connectivity index (χ2v) is 15.9. The van der Waals surface area contributed by atoms with E-state index in [2.05, 4.69) is 5.73 Å². The van der Waals surface area contributed by atoms with Gasteiger partial charge in [-0.3, -0.25) is 0 Å². The summed E-state index contributed by atoms with van der Waals surface area (Å²) in [4.78, 5) is 0. The molecule has 0 heterocycles. The van der Waals surface area contributed by atoms with Gasteiger partial charge in [0.15, 0.2) is 0 Å². The van der Waals surface area contributed by atoms with Gasteiger partial charge in [0.05, 0.1) is 12.6 Å². The predicted molar refractivity (Wildman–Crippen MR) is 102 cm³/mol. The van der Waals surface area contributed by atoms with Crippen LogP contribution >= 0.6 is 0 Å². The van der Waals surface area contributed by atoms with Gasteiger partial charge in [-0.05, 0) is 0 Å². The fourth-order valence-corrected chi connectivity index (χ4v) is 14.5. The molecule has 13 nitrogen and oxygen atoms in total. The van der Waals surface area contributed by atoms with E-state index in [-0.39, 0.29) is 6.04 Å². The summed E-state index contributed by atoms with van der Waals surface area (Å²) in [5, 5.41) is 0. The Hall–Kier alpha value is 0.348. The Morgan fingerprint density at radius 2 is 0.679 bits per heavy atom. The monoisotopic (exact) mass is 484 g/mol. The van der Waals surface area contributed by atoms with Crippen molar-refractivity contribution in [2.24, 2.45) is 0 Å². The van der Waals surface area contributed by atoms with Crippen LogP contribution in [0.1, 0.15) is 0 Å². The zero-order valence-corrected chi connectivity index (χ0v) is 22.0. The normalized spacial score (nSPS) is 13.9. The SMILES string of the molecule is CO[Si](OC)(OC)O[Si](CC[NH3+])(O[Si](OC)(OC)OC)O[Si](OC)(OC)OC. The maximum Gasteiger partial charge on any atom is 0.671 e. The van der Waals surface area contributed by atoms with Crippen LogP contribution in [0.15, 0.2) is 0 Å². The Kier molecular flexibility index (Phi) is 13.1. The molecule has 0 unspecified atom stereocenters. The first-order valence-corrected chi connectivity index (χ1v) is 14.9. The molecule has 3 N–H and O–H groups in total. The van der Waals surface area contributed by atoms with Crippen molar-refractivity contribution in [2.75, 3.05) is 70.5 Å². The molecule has 0 aliphatic rings. The molecule has 28 heavy (non-hydrogen) atoms. The molecule has 0 aromatic carbocycles. The van der Waals surface area contributed by atoms with Crippen LogP contribution in [0.4, 0.5) is 0 Å². The molecular weight excluding hydrogens is 450 g/mol. The van der Waals surface area contributed by atoms with Gasteiger partial charge >= 0.3 is 35.9 Å². The van der Waals surface area contributed by atoms with Gasteiger partial charge in [-0.15, -0.1) is 0 Å². The molecule has 0 saturated carbocycles. The largest absolute Gasteiger partial charge is 0.671 e. The smallest absolute Gasteiger partial charge is 0.358 e. The van der Waals surface area contributed by atoms with E-state index in [1.807, 2.05) is 0 Å². The van der Waals surface area contributed by atoms with Gasteiger partial charge in [0.2, 0.25) is 0 Å². The molecule has 0 atom stereocenters. The summed E-state index contributed by atoms with van der Waals surface area (Å²) >= 11 is 0. The average Bonchev–Trinajstić information content (AvgIpc) is 2.75. The highest BCUT2D eigenvalue weighted by Crippen LogP contribution is 2.30. The van der Waals surface area contributed by atoms with Crippen molar-refractivity contribution in [1.29, 1.82) is 0 Å². The third kappa shape index (κ3) is 6.95. The molecule has 0 radical (unpaired) electrons. The molecule has 0 aliphatic carbocycles. The zero-order chi connectivity index (χ0) is 21.9. The van der Waals surface area contributed by atoms with Gasteiger partial charge in [0.1, 0.15) is 0 Å². The summed E-state index contributed by atoms with van der Waals surface area (Å²) in [5.74, 6) is 0. The topological polar surface area (TPSA) is 138 Å². The van der Waals surface area contributed by atoms with Gasteiger partial charge in [-0.2, -0.15) is 0 Å². The first-order chi connectivity index (χ1) is 13.2. The summed E-state index contributed by atoms with van der Waals surface area (Å²) in [6.45, 7) is 0.344. The molecule has 17 heteroatoms. The van der Waals surface area contributed by atoms with Gasteiger partial charge in [0, 0.05) is 64.0 Å². The summed E-state index contributed by atoms with van der Waals surface area (Å²) in [7, 11) is -2.50. The van der Waals surface area contributed by atoms with E-state index in [0.29, 0.717) is 6.54 Å². The van der Waals surface area contributed by atoms with Crippen molar-refractivity contribution < 1.29 is 57.9 Å². The van der Waals surface area contributed by atoms with E-state index >= 15 is 0 Å². The van der Waals surface area contributed by atoms with Crippen LogP contribution in [-0.4, -0.2) is 106 Å². The van der Waals surface area contributed by atoms with Crippen LogP contribution in [0.3, 0.4) is 0 Å². The summed E-state index contributed by atoms with van der Waals surface area (Å²) in [6.07, 6.45) is 0. The van der Waals surface area contributed by atoms with Crippen molar-refractivity contribution in [3.05, 3.63) is 0 Å². The lowest BCUT2D eigenvalue weighted by atomic mass is 10.8. The van der Waals surface area contributed by atoms with Crippen molar-refractivity contribution >= 4 is 35.9 Å². The highest BCUT2D eigenvalue weighted by Gasteiger charge is 2.66. The first-order valence-electron chi connectivity index (χ1n) is 8.09. The van der Waals surface area contributed by atoms with Crippen LogP contribution in [0, 0.1) is 0 Å². The molecule has 0 rings (SSSR count). The van der Waals surface area contributed by atoms with Crippen molar-refractivity contribution in [3.8, 4) is 0 Å². The second-order valence-electron chi connectivity index (χ2n) is 4.93.